The van der Waals surface area contributed by atoms with Crippen molar-refractivity contribution in [1.82, 2.24) is 30.0 Å². The van der Waals surface area contributed by atoms with Gasteiger partial charge in [-0.1, -0.05) is 43.4 Å². The van der Waals surface area contributed by atoms with Crippen LogP contribution in [0.3, 0.4) is 0 Å². The largest absolute Gasteiger partial charge is 0.497 e. The van der Waals surface area contributed by atoms with Crippen molar-refractivity contribution in [3.05, 3.63) is 46.6 Å². The van der Waals surface area contributed by atoms with Crippen LogP contribution in [0.15, 0.2) is 30.3 Å². The van der Waals surface area contributed by atoms with E-state index in [1.165, 1.54) is 11.3 Å². The minimum atomic E-state index is 0.561. The van der Waals surface area contributed by atoms with Crippen molar-refractivity contribution in [2.24, 2.45) is 5.92 Å². The highest BCUT2D eigenvalue weighted by molar-refractivity contribution is 7.17. The van der Waals surface area contributed by atoms with Gasteiger partial charge in [0.05, 0.1) is 7.11 Å². The molecular formula is C19H20N6OS. The van der Waals surface area contributed by atoms with Gasteiger partial charge in [0.15, 0.2) is 0 Å². The number of hydrogen-bond donors (Lipinski definition) is 1. The number of rotatable bonds is 6. The number of ether oxygens (including phenoxy) is 1. The molecule has 0 saturated heterocycles. The zero-order valence-corrected chi connectivity index (χ0v) is 16.2. The summed E-state index contributed by atoms with van der Waals surface area (Å²) in [6.07, 6.45) is 4.93. The third-order valence-electron chi connectivity index (χ3n) is 4.03. The van der Waals surface area contributed by atoms with E-state index < -0.39 is 0 Å². The lowest BCUT2D eigenvalue weighted by Gasteiger charge is -1.98. The molecule has 0 radical (unpaired) electrons. The van der Waals surface area contributed by atoms with Gasteiger partial charge in [0.2, 0.25) is 10.8 Å². The van der Waals surface area contributed by atoms with E-state index in [0.717, 1.165) is 39.1 Å². The average molecular weight is 380 g/mol. The van der Waals surface area contributed by atoms with E-state index in [-0.39, 0.29) is 0 Å². The maximum absolute atomic E-state index is 5.18. The summed E-state index contributed by atoms with van der Waals surface area (Å²) in [6, 6.07) is 9.88. The Labute approximate surface area is 160 Å². The van der Waals surface area contributed by atoms with Crippen LogP contribution in [0.4, 0.5) is 0 Å². The summed E-state index contributed by atoms with van der Waals surface area (Å²) < 4.78 is 6.92. The van der Waals surface area contributed by atoms with Gasteiger partial charge in [0, 0.05) is 5.69 Å². The highest BCUT2D eigenvalue weighted by Crippen LogP contribution is 2.23. The molecule has 0 spiro atoms. The van der Waals surface area contributed by atoms with E-state index in [4.69, 9.17) is 4.74 Å². The number of aromatic nitrogens is 6. The van der Waals surface area contributed by atoms with Crippen LogP contribution in [-0.4, -0.2) is 37.1 Å². The molecule has 0 atom stereocenters. The maximum Gasteiger partial charge on any atom is 0.235 e. The summed E-state index contributed by atoms with van der Waals surface area (Å²) in [4.78, 5) is 0.743. The summed E-state index contributed by atoms with van der Waals surface area (Å²) >= 11 is 1.49. The number of H-pyrrole nitrogens is 1. The molecule has 3 heterocycles. The van der Waals surface area contributed by atoms with Crippen molar-refractivity contribution < 1.29 is 4.74 Å². The normalized spacial score (nSPS) is 11.9. The predicted octanol–water partition coefficient (Wildman–Crippen LogP) is 3.95. The molecule has 1 aromatic carbocycles. The molecule has 7 nitrogen and oxygen atoms in total. The first-order chi connectivity index (χ1) is 13.1. The lowest BCUT2D eigenvalue weighted by atomic mass is 10.1. The van der Waals surface area contributed by atoms with Crippen molar-refractivity contribution in [3.63, 3.8) is 0 Å². The fourth-order valence-corrected chi connectivity index (χ4v) is 3.50. The molecule has 0 saturated carbocycles. The molecule has 0 fully saturated rings. The number of methoxy groups -OCH3 is 1. The van der Waals surface area contributed by atoms with Gasteiger partial charge in [-0.25, -0.2) is 0 Å². The fourth-order valence-electron chi connectivity index (χ4n) is 2.76. The third kappa shape index (κ3) is 3.75. The highest BCUT2D eigenvalue weighted by Gasteiger charge is 2.15. The molecule has 4 aromatic rings. The second kappa shape index (κ2) is 7.32. The van der Waals surface area contributed by atoms with Gasteiger partial charge < -0.3 is 4.74 Å². The lowest BCUT2D eigenvalue weighted by molar-refractivity contribution is 0.415. The quantitative estimate of drug-likeness (QED) is 0.548. The topological polar surface area (TPSA) is 81.0 Å². The smallest absolute Gasteiger partial charge is 0.235 e. The first-order valence-corrected chi connectivity index (χ1v) is 9.53. The Morgan fingerprint density at radius 2 is 2.00 bits per heavy atom. The molecule has 3 aromatic heterocycles. The van der Waals surface area contributed by atoms with Crippen molar-refractivity contribution >= 4 is 28.4 Å². The number of nitrogens with zero attached hydrogens (tertiary/aromatic N) is 5. The Balaban J connectivity index is 1.58. The summed E-state index contributed by atoms with van der Waals surface area (Å²) in [6.45, 7) is 4.36. The Morgan fingerprint density at radius 3 is 2.74 bits per heavy atom. The van der Waals surface area contributed by atoms with E-state index in [1.54, 1.807) is 11.6 Å². The molecule has 1 N–H and O–H groups in total. The number of benzene rings is 1. The standard InChI is InChI=1S/C19H20N6OS/c1-12(2)10-14-11-16(21-20-14)18-22-23-19-25(18)24-17(27-19)9-6-13-4-7-15(26-3)8-5-13/h4-9,11-12H,10H2,1-3H3,(H,20,21)/b9-6+. The summed E-state index contributed by atoms with van der Waals surface area (Å²) in [7, 11) is 1.66. The van der Waals surface area contributed by atoms with Gasteiger partial charge in [-0.05, 0) is 42.2 Å². The van der Waals surface area contributed by atoms with Crippen molar-refractivity contribution in [3.8, 4) is 17.3 Å². The van der Waals surface area contributed by atoms with Gasteiger partial charge in [-0.15, -0.1) is 10.2 Å². The average Bonchev–Trinajstić information content (AvgIpc) is 3.35. The zero-order chi connectivity index (χ0) is 18.8. The van der Waals surface area contributed by atoms with Gasteiger partial charge in [-0.3, -0.25) is 5.10 Å². The molecule has 0 aliphatic carbocycles. The lowest BCUT2D eigenvalue weighted by Crippen LogP contribution is -1.93. The van der Waals surface area contributed by atoms with Gasteiger partial charge in [0.25, 0.3) is 0 Å². The van der Waals surface area contributed by atoms with Crippen LogP contribution in [-0.2, 0) is 6.42 Å². The van der Waals surface area contributed by atoms with Crippen molar-refractivity contribution in [1.29, 1.82) is 0 Å². The van der Waals surface area contributed by atoms with Crippen molar-refractivity contribution in [2.45, 2.75) is 20.3 Å². The van der Waals surface area contributed by atoms with Gasteiger partial charge >= 0.3 is 0 Å². The number of aromatic amines is 1. The minimum Gasteiger partial charge on any atom is -0.497 e. The minimum absolute atomic E-state index is 0.561. The SMILES string of the molecule is COc1ccc(/C=C/c2nn3c(-c4cc(CC(C)C)[nH]n4)nnc3s2)cc1. The molecule has 0 amide bonds. The molecule has 4 rings (SSSR count). The zero-order valence-electron chi connectivity index (χ0n) is 15.4. The summed E-state index contributed by atoms with van der Waals surface area (Å²) in [5.41, 5.74) is 2.92. The van der Waals surface area contributed by atoms with Crippen LogP contribution in [0.25, 0.3) is 28.6 Å². The van der Waals surface area contributed by atoms with E-state index in [9.17, 15) is 0 Å². The Bertz CT molecular complexity index is 1070. The van der Waals surface area contributed by atoms with E-state index >= 15 is 0 Å². The van der Waals surface area contributed by atoms with Crippen LogP contribution in [0.5, 0.6) is 5.75 Å². The van der Waals surface area contributed by atoms with Crippen LogP contribution < -0.4 is 4.74 Å². The Hall–Kier alpha value is -3.00. The van der Waals surface area contributed by atoms with E-state index in [1.807, 2.05) is 42.5 Å². The summed E-state index contributed by atoms with van der Waals surface area (Å²) in [5, 5.41) is 21.4. The molecule has 0 aliphatic heterocycles. The summed E-state index contributed by atoms with van der Waals surface area (Å²) in [5.74, 6) is 2.05. The third-order valence-corrected chi connectivity index (χ3v) is 4.89. The molecule has 0 unspecified atom stereocenters. The predicted molar refractivity (Wildman–Crippen MR) is 107 cm³/mol. The molecule has 8 heteroatoms. The molecule has 0 bridgehead atoms. The Kier molecular flexibility index (Phi) is 4.72. The van der Waals surface area contributed by atoms with E-state index in [2.05, 4.69) is 39.3 Å². The Morgan fingerprint density at radius 1 is 1.19 bits per heavy atom. The molecule has 27 heavy (non-hydrogen) atoms. The highest BCUT2D eigenvalue weighted by atomic mass is 32.1. The molecule has 138 valence electrons. The van der Waals surface area contributed by atoms with Crippen LogP contribution in [0.1, 0.15) is 30.1 Å². The van der Waals surface area contributed by atoms with E-state index in [0.29, 0.717) is 11.7 Å². The van der Waals surface area contributed by atoms with Gasteiger partial charge in [0.1, 0.15) is 16.5 Å². The first-order valence-electron chi connectivity index (χ1n) is 8.71. The monoisotopic (exact) mass is 380 g/mol. The number of fused-ring (bicyclic) bond motifs is 1. The number of hydrogen-bond acceptors (Lipinski definition) is 6. The first kappa shape index (κ1) is 17.4. The van der Waals surface area contributed by atoms with Crippen LogP contribution in [0, 0.1) is 5.92 Å². The van der Waals surface area contributed by atoms with Crippen molar-refractivity contribution in [2.75, 3.05) is 7.11 Å². The maximum atomic E-state index is 5.18. The van der Waals surface area contributed by atoms with Crippen LogP contribution in [0.2, 0.25) is 0 Å². The second-order valence-corrected chi connectivity index (χ2v) is 7.63. The molecule has 0 aliphatic rings. The second-order valence-electron chi connectivity index (χ2n) is 6.64. The van der Waals surface area contributed by atoms with Gasteiger partial charge in [-0.2, -0.15) is 14.7 Å². The fraction of sp³-hybridized carbons (Fsp3) is 0.263. The van der Waals surface area contributed by atoms with Crippen LogP contribution >= 0.6 is 11.3 Å². The molecular weight excluding hydrogens is 360 g/mol. The number of nitrogens with one attached hydrogen (secondary N) is 1.